The van der Waals surface area contributed by atoms with Crippen LogP contribution in [-0.4, -0.2) is 23.2 Å². The van der Waals surface area contributed by atoms with Gasteiger partial charge in [0.05, 0.1) is 11.2 Å². The van der Waals surface area contributed by atoms with E-state index in [1.165, 1.54) is 0 Å². The lowest BCUT2D eigenvalue weighted by molar-refractivity contribution is 0.582. The van der Waals surface area contributed by atoms with Crippen LogP contribution < -0.4 is 4.72 Å². The van der Waals surface area contributed by atoms with Gasteiger partial charge in [-0.25, -0.2) is 13.1 Å². The highest BCUT2D eigenvalue weighted by atomic mass is 32.2. The second kappa shape index (κ2) is 6.10. The molecule has 120 valence electrons. The molecule has 1 N–H and O–H groups in total. The van der Waals surface area contributed by atoms with E-state index in [4.69, 9.17) is 0 Å². The molecule has 0 amide bonds. The maximum Gasteiger partial charge on any atom is 0.243 e. The molecule has 0 aliphatic carbocycles. The predicted molar refractivity (Wildman–Crippen MR) is 88.4 cm³/mol. The molecule has 0 aliphatic rings. The minimum Gasteiger partial charge on any atom is -0.272 e. The molecular weight excluding hydrogens is 312 g/mol. The number of aryl methyl sites for hydroxylation is 2. The highest BCUT2D eigenvalue weighted by Crippen LogP contribution is 2.20. The van der Waals surface area contributed by atoms with Crippen LogP contribution in [0, 0.1) is 6.92 Å². The topological polar surface area (TPSA) is 76.9 Å². The van der Waals surface area contributed by atoms with Gasteiger partial charge in [-0.2, -0.15) is 5.10 Å². The van der Waals surface area contributed by atoms with Crippen molar-refractivity contribution in [3.8, 4) is 0 Å². The summed E-state index contributed by atoms with van der Waals surface area (Å²) in [7, 11) is -3.65. The van der Waals surface area contributed by atoms with Gasteiger partial charge >= 0.3 is 0 Å². The lowest BCUT2D eigenvalue weighted by atomic mass is 10.2. The summed E-state index contributed by atoms with van der Waals surface area (Å²) in [5.41, 5.74) is 2.16. The highest BCUT2D eigenvalue weighted by molar-refractivity contribution is 7.89. The van der Waals surface area contributed by atoms with Gasteiger partial charge < -0.3 is 0 Å². The Labute approximate surface area is 135 Å². The number of hydrogen-bond acceptors (Lipinski definition) is 4. The Hall–Kier alpha value is -2.25. The van der Waals surface area contributed by atoms with Crippen LogP contribution in [0.25, 0.3) is 10.9 Å². The van der Waals surface area contributed by atoms with E-state index in [1.54, 1.807) is 29.1 Å². The van der Waals surface area contributed by atoms with Crippen LogP contribution in [0.5, 0.6) is 0 Å². The van der Waals surface area contributed by atoms with E-state index in [9.17, 15) is 8.42 Å². The Morgan fingerprint density at radius 1 is 1.22 bits per heavy atom. The standard InChI is InChI=1S/C16H18N4O2S/c1-3-20-11-14(12(2)19-20)10-18-23(21,22)15-8-4-6-13-7-5-9-17-16(13)15/h4-9,11,18H,3,10H2,1-2H3. The second-order valence-corrected chi connectivity index (χ2v) is 6.99. The molecule has 0 fully saturated rings. The first-order valence-corrected chi connectivity index (χ1v) is 8.86. The summed E-state index contributed by atoms with van der Waals surface area (Å²) in [4.78, 5) is 4.39. The molecule has 3 aromatic rings. The zero-order chi connectivity index (χ0) is 16.4. The van der Waals surface area contributed by atoms with Gasteiger partial charge in [0.2, 0.25) is 10.0 Å². The molecule has 0 saturated heterocycles. The van der Waals surface area contributed by atoms with Crippen molar-refractivity contribution < 1.29 is 8.42 Å². The Morgan fingerprint density at radius 2 is 2.00 bits per heavy atom. The molecule has 23 heavy (non-hydrogen) atoms. The molecule has 0 atom stereocenters. The van der Waals surface area contributed by atoms with Crippen LogP contribution in [0.15, 0.2) is 47.6 Å². The molecule has 0 spiro atoms. The Kier molecular flexibility index (Phi) is 4.14. The monoisotopic (exact) mass is 330 g/mol. The van der Waals surface area contributed by atoms with Gasteiger partial charge in [0.15, 0.2) is 0 Å². The molecule has 0 unspecified atom stereocenters. The quantitative estimate of drug-likeness (QED) is 0.778. The van der Waals surface area contributed by atoms with E-state index in [2.05, 4.69) is 14.8 Å². The highest BCUT2D eigenvalue weighted by Gasteiger charge is 2.18. The minimum absolute atomic E-state index is 0.191. The van der Waals surface area contributed by atoms with E-state index >= 15 is 0 Å². The molecule has 0 radical (unpaired) electrons. The number of fused-ring (bicyclic) bond motifs is 1. The number of benzene rings is 1. The number of hydrogen-bond donors (Lipinski definition) is 1. The Bertz CT molecular complexity index is 942. The van der Waals surface area contributed by atoms with E-state index in [0.29, 0.717) is 5.52 Å². The lowest BCUT2D eigenvalue weighted by Gasteiger charge is -2.08. The predicted octanol–water partition coefficient (Wildman–Crippen LogP) is 2.24. The molecule has 3 rings (SSSR count). The molecule has 0 aliphatic heterocycles. The van der Waals surface area contributed by atoms with Gasteiger partial charge in [-0.15, -0.1) is 0 Å². The largest absolute Gasteiger partial charge is 0.272 e. The molecular formula is C16H18N4O2S. The number of aromatic nitrogens is 3. The van der Waals surface area contributed by atoms with Crippen molar-refractivity contribution in [2.24, 2.45) is 0 Å². The van der Waals surface area contributed by atoms with Crippen molar-refractivity contribution in [2.45, 2.75) is 31.8 Å². The summed E-state index contributed by atoms with van der Waals surface area (Å²) in [6.45, 7) is 4.82. The lowest BCUT2D eigenvalue weighted by Crippen LogP contribution is -2.23. The summed E-state index contributed by atoms with van der Waals surface area (Å²) in [6, 6.07) is 8.77. The maximum atomic E-state index is 12.6. The molecule has 6 nitrogen and oxygen atoms in total. The third-order valence-electron chi connectivity index (χ3n) is 3.71. The van der Waals surface area contributed by atoms with Gasteiger partial charge in [0, 0.05) is 36.4 Å². The van der Waals surface area contributed by atoms with Gasteiger partial charge in [-0.3, -0.25) is 9.67 Å². The maximum absolute atomic E-state index is 12.6. The first-order valence-electron chi connectivity index (χ1n) is 7.37. The Morgan fingerprint density at radius 3 is 2.74 bits per heavy atom. The molecule has 7 heteroatoms. The number of nitrogens with one attached hydrogen (secondary N) is 1. The van der Waals surface area contributed by atoms with Crippen LogP contribution in [0.4, 0.5) is 0 Å². The number of nitrogens with zero attached hydrogens (tertiary/aromatic N) is 3. The molecule has 0 saturated carbocycles. The molecule has 2 aromatic heterocycles. The van der Waals surface area contributed by atoms with Crippen molar-refractivity contribution >= 4 is 20.9 Å². The van der Waals surface area contributed by atoms with Crippen molar-refractivity contribution in [1.82, 2.24) is 19.5 Å². The number of para-hydroxylation sites is 1. The van der Waals surface area contributed by atoms with Crippen molar-refractivity contribution in [1.29, 1.82) is 0 Å². The van der Waals surface area contributed by atoms with Crippen LogP contribution in [0.3, 0.4) is 0 Å². The summed E-state index contributed by atoms with van der Waals surface area (Å²) in [5, 5.41) is 5.12. The van der Waals surface area contributed by atoms with Gasteiger partial charge in [0.25, 0.3) is 0 Å². The van der Waals surface area contributed by atoms with E-state index < -0.39 is 10.0 Å². The second-order valence-electron chi connectivity index (χ2n) is 5.25. The number of pyridine rings is 1. The van der Waals surface area contributed by atoms with E-state index in [1.807, 2.05) is 32.2 Å². The molecule has 0 bridgehead atoms. The average Bonchev–Trinajstić information content (AvgIpc) is 2.93. The van der Waals surface area contributed by atoms with Crippen molar-refractivity contribution in [3.05, 3.63) is 54.0 Å². The summed E-state index contributed by atoms with van der Waals surface area (Å²) < 4.78 is 29.7. The van der Waals surface area contributed by atoms with Crippen LogP contribution in [-0.2, 0) is 23.1 Å². The summed E-state index contributed by atoms with van der Waals surface area (Å²) >= 11 is 0. The zero-order valence-corrected chi connectivity index (χ0v) is 13.8. The van der Waals surface area contributed by atoms with Crippen LogP contribution in [0.2, 0.25) is 0 Å². The molecule has 1 aromatic carbocycles. The van der Waals surface area contributed by atoms with Crippen molar-refractivity contribution in [2.75, 3.05) is 0 Å². The van der Waals surface area contributed by atoms with Gasteiger partial charge in [0.1, 0.15) is 4.90 Å². The smallest absolute Gasteiger partial charge is 0.243 e. The first-order chi connectivity index (χ1) is 11.0. The third kappa shape index (κ3) is 3.11. The SMILES string of the molecule is CCn1cc(CNS(=O)(=O)c2cccc3cccnc23)c(C)n1. The summed E-state index contributed by atoms with van der Waals surface area (Å²) in [5.74, 6) is 0. The molecule has 2 heterocycles. The van der Waals surface area contributed by atoms with E-state index in [0.717, 1.165) is 23.2 Å². The number of sulfonamides is 1. The first kappa shape index (κ1) is 15.6. The van der Waals surface area contributed by atoms with Crippen LogP contribution in [0.1, 0.15) is 18.2 Å². The fraction of sp³-hybridized carbons (Fsp3) is 0.250. The fourth-order valence-corrected chi connectivity index (χ4v) is 3.62. The third-order valence-corrected chi connectivity index (χ3v) is 5.14. The van der Waals surface area contributed by atoms with Gasteiger partial charge in [-0.05, 0) is 26.0 Å². The Balaban J connectivity index is 1.90. The van der Waals surface area contributed by atoms with E-state index in [-0.39, 0.29) is 11.4 Å². The van der Waals surface area contributed by atoms with Gasteiger partial charge in [-0.1, -0.05) is 18.2 Å². The minimum atomic E-state index is -3.65. The van der Waals surface area contributed by atoms with Crippen LogP contribution >= 0.6 is 0 Å². The normalized spacial score (nSPS) is 11.9. The number of rotatable bonds is 5. The van der Waals surface area contributed by atoms with Crippen molar-refractivity contribution in [3.63, 3.8) is 0 Å². The zero-order valence-electron chi connectivity index (χ0n) is 13.0. The average molecular weight is 330 g/mol. The fourth-order valence-electron chi connectivity index (χ4n) is 2.44. The summed E-state index contributed by atoms with van der Waals surface area (Å²) in [6.07, 6.45) is 3.45.